The molecule has 0 atom stereocenters. The number of carbonyl (C=O) groups is 2. The molecular formula is C15H15NO3. The topological polar surface area (TPSA) is 66.4 Å². The largest absolute Gasteiger partial charge is 0.478 e. The molecule has 19 heavy (non-hydrogen) atoms. The monoisotopic (exact) mass is 257 g/mol. The molecule has 2 rings (SSSR count). The second-order valence-corrected chi connectivity index (χ2v) is 4.37. The Balaban J connectivity index is 2.53. The highest BCUT2D eigenvalue weighted by Crippen LogP contribution is 2.25. The quantitative estimate of drug-likeness (QED) is 0.815. The molecule has 4 nitrogen and oxygen atoms in total. The van der Waals surface area contributed by atoms with Gasteiger partial charge in [0.15, 0.2) is 0 Å². The minimum atomic E-state index is -1.09. The summed E-state index contributed by atoms with van der Waals surface area (Å²) in [4.78, 5) is 23.0. The molecule has 1 aliphatic rings. The lowest BCUT2D eigenvalue weighted by atomic mass is 9.99. The molecule has 0 bridgehead atoms. The van der Waals surface area contributed by atoms with Crippen molar-refractivity contribution in [2.45, 2.75) is 20.3 Å². The van der Waals surface area contributed by atoms with Crippen LogP contribution in [0.1, 0.15) is 25.0 Å². The van der Waals surface area contributed by atoms with E-state index in [-0.39, 0.29) is 17.1 Å². The lowest BCUT2D eigenvalue weighted by molar-refractivity contribution is -0.132. The second kappa shape index (κ2) is 5.10. The SMILES string of the molecule is CCc1ccccc1/C=C1\C(=O)NC(C)=C1C(=O)O. The van der Waals surface area contributed by atoms with E-state index in [4.69, 9.17) is 0 Å². The first-order chi connectivity index (χ1) is 9.04. The molecule has 0 saturated carbocycles. The number of amides is 1. The number of carboxylic acid groups (broad SMARTS) is 1. The summed E-state index contributed by atoms with van der Waals surface area (Å²) in [7, 11) is 0. The van der Waals surface area contributed by atoms with E-state index in [1.165, 1.54) is 0 Å². The van der Waals surface area contributed by atoms with E-state index in [9.17, 15) is 14.7 Å². The number of aliphatic carboxylic acids is 1. The number of hydrogen-bond acceptors (Lipinski definition) is 2. The highest BCUT2D eigenvalue weighted by atomic mass is 16.4. The van der Waals surface area contributed by atoms with Crippen molar-refractivity contribution < 1.29 is 14.7 Å². The maximum atomic E-state index is 11.8. The third kappa shape index (κ3) is 2.42. The van der Waals surface area contributed by atoms with Gasteiger partial charge in [0, 0.05) is 5.70 Å². The maximum Gasteiger partial charge on any atom is 0.338 e. The summed E-state index contributed by atoms with van der Waals surface area (Å²) in [6.45, 7) is 3.61. The normalized spacial score (nSPS) is 16.9. The molecule has 2 N–H and O–H groups in total. The van der Waals surface area contributed by atoms with Crippen molar-refractivity contribution in [1.82, 2.24) is 5.32 Å². The molecule has 1 aromatic rings. The van der Waals surface area contributed by atoms with Gasteiger partial charge >= 0.3 is 5.97 Å². The van der Waals surface area contributed by atoms with E-state index >= 15 is 0 Å². The van der Waals surface area contributed by atoms with Crippen LogP contribution < -0.4 is 5.32 Å². The second-order valence-electron chi connectivity index (χ2n) is 4.37. The van der Waals surface area contributed by atoms with Crippen LogP contribution in [0.25, 0.3) is 6.08 Å². The highest BCUT2D eigenvalue weighted by Gasteiger charge is 2.29. The molecule has 0 fully saturated rings. The number of carboxylic acids is 1. The van der Waals surface area contributed by atoms with Crippen LogP contribution in [0.15, 0.2) is 41.1 Å². The Morgan fingerprint density at radius 3 is 2.68 bits per heavy atom. The van der Waals surface area contributed by atoms with Crippen LogP contribution in [0.5, 0.6) is 0 Å². The predicted molar refractivity (Wildman–Crippen MR) is 72.3 cm³/mol. The summed E-state index contributed by atoms with van der Waals surface area (Å²) in [6.07, 6.45) is 2.47. The minimum absolute atomic E-state index is 0.0518. The summed E-state index contributed by atoms with van der Waals surface area (Å²) in [6, 6.07) is 7.65. The van der Waals surface area contributed by atoms with Gasteiger partial charge in [-0.15, -0.1) is 0 Å². The number of allylic oxidation sites excluding steroid dienone is 1. The Labute approximate surface area is 111 Å². The van der Waals surface area contributed by atoms with Crippen LogP contribution in [0.3, 0.4) is 0 Å². The van der Waals surface area contributed by atoms with Gasteiger partial charge in [0.05, 0.1) is 11.1 Å². The highest BCUT2D eigenvalue weighted by molar-refractivity contribution is 6.15. The number of carbonyl (C=O) groups excluding carboxylic acids is 1. The molecule has 0 aliphatic carbocycles. The van der Waals surface area contributed by atoms with Gasteiger partial charge in [-0.2, -0.15) is 0 Å². The predicted octanol–water partition coefficient (Wildman–Crippen LogP) is 2.12. The third-order valence-electron chi connectivity index (χ3n) is 3.14. The lowest BCUT2D eigenvalue weighted by Crippen LogP contribution is -2.15. The Bertz CT molecular complexity index is 612. The summed E-state index contributed by atoms with van der Waals surface area (Å²) in [5.74, 6) is -1.45. The molecule has 1 aromatic carbocycles. The summed E-state index contributed by atoms with van der Waals surface area (Å²) < 4.78 is 0. The Morgan fingerprint density at radius 1 is 1.37 bits per heavy atom. The van der Waals surface area contributed by atoms with Crippen molar-refractivity contribution in [3.8, 4) is 0 Å². The van der Waals surface area contributed by atoms with Crippen molar-refractivity contribution in [3.05, 3.63) is 52.2 Å². The van der Waals surface area contributed by atoms with Gasteiger partial charge in [0.25, 0.3) is 5.91 Å². The molecule has 1 aliphatic heterocycles. The molecule has 1 heterocycles. The Hall–Kier alpha value is -2.36. The van der Waals surface area contributed by atoms with Crippen LogP contribution >= 0.6 is 0 Å². The van der Waals surface area contributed by atoms with Gasteiger partial charge in [0.1, 0.15) is 0 Å². The molecule has 0 unspecified atom stereocenters. The molecule has 0 saturated heterocycles. The summed E-state index contributed by atoms with van der Waals surface area (Å²) in [5.41, 5.74) is 2.61. The number of nitrogens with one attached hydrogen (secondary N) is 1. The fourth-order valence-corrected chi connectivity index (χ4v) is 2.18. The van der Waals surface area contributed by atoms with E-state index in [0.717, 1.165) is 17.5 Å². The van der Waals surface area contributed by atoms with E-state index in [1.807, 2.05) is 31.2 Å². The van der Waals surface area contributed by atoms with Gasteiger partial charge < -0.3 is 10.4 Å². The fourth-order valence-electron chi connectivity index (χ4n) is 2.18. The first-order valence-electron chi connectivity index (χ1n) is 6.10. The molecular weight excluding hydrogens is 242 g/mol. The van der Waals surface area contributed by atoms with Crippen LogP contribution in [-0.4, -0.2) is 17.0 Å². The zero-order chi connectivity index (χ0) is 14.0. The van der Waals surface area contributed by atoms with Crippen molar-refractivity contribution in [1.29, 1.82) is 0 Å². The molecule has 1 amide bonds. The van der Waals surface area contributed by atoms with Crippen molar-refractivity contribution >= 4 is 18.0 Å². The molecule has 0 spiro atoms. The molecule has 0 radical (unpaired) electrons. The number of benzene rings is 1. The van der Waals surface area contributed by atoms with Gasteiger partial charge in [0.2, 0.25) is 0 Å². The van der Waals surface area contributed by atoms with Crippen LogP contribution in [-0.2, 0) is 16.0 Å². The van der Waals surface area contributed by atoms with E-state index in [0.29, 0.717) is 5.70 Å². The summed E-state index contributed by atoms with van der Waals surface area (Å²) in [5, 5.41) is 11.7. The molecule has 0 aromatic heterocycles. The maximum absolute atomic E-state index is 11.8. The number of hydrogen-bond donors (Lipinski definition) is 2. The average Bonchev–Trinajstić information content (AvgIpc) is 2.65. The Kier molecular flexibility index (Phi) is 3.51. The van der Waals surface area contributed by atoms with Gasteiger partial charge in [-0.3, -0.25) is 4.79 Å². The minimum Gasteiger partial charge on any atom is -0.478 e. The van der Waals surface area contributed by atoms with E-state index < -0.39 is 5.97 Å². The Morgan fingerprint density at radius 2 is 2.05 bits per heavy atom. The standard InChI is InChI=1S/C15H15NO3/c1-3-10-6-4-5-7-11(10)8-12-13(15(18)19)9(2)16-14(12)17/h4-8H,3H2,1-2H3,(H,16,17)(H,18,19)/b12-8-. The molecule has 4 heteroatoms. The molecule has 98 valence electrons. The van der Waals surface area contributed by atoms with Crippen LogP contribution in [0.4, 0.5) is 0 Å². The lowest BCUT2D eigenvalue weighted by Gasteiger charge is -2.04. The van der Waals surface area contributed by atoms with Crippen LogP contribution in [0.2, 0.25) is 0 Å². The van der Waals surface area contributed by atoms with Gasteiger partial charge in [-0.05, 0) is 30.5 Å². The number of aryl methyl sites for hydroxylation is 1. The number of rotatable bonds is 3. The van der Waals surface area contributed by atoms with Gasteiger partial charge in [-0.1, -0.05) is 31.2 Å². The average molecular weight is 257 g/mol. The zero-order valence-electron chi connectivity index (χ0n) is 10.9. The summed E-state index contributed by atoms with van der Waals surface area (Å²) >= 11 is 0. The first kappa shape index (κ1) is 13.1. The fraction of sp³-hybridized carbons (Fsp3) is 0.200. The van der Waals surface area contributed by atoms with Gasteiger partial charge in [-0.25, -0.2) is 4.79 Å². The smallest absolute Gasteiger partial charge is 0.338 e. The first-order valence-corrected chi connectivity index (χ1v) is 6.10. The van der Waals surface area contributed by atoms with E-state index in [2.05, 4.69) is 5.32 Å². The van der Waals surface area contributed by atoms with Crippen molar-refractivity contribution in [2.75, 3.05) is 0 Å². The van der Waals surface area contributed by atoms with Crippen LogP contribution in [0, 0.1) is 0 Å². The van der Waals surface area contributed by atoms with Crippen molar-refractivity contribution in [3.63, 3.8) is 0 Å². The van der Waals surface area contributed by atoms with E-state index in [1.54, 1.807) is 13.0 Å². The zero-order valence-corrected chi connectivity index (χ0v) is 10.9. The van der Waals surface area contributed by atoms with Crippen molar-refractivity contribution in [2.24, 2.45) is 0 Å². The third-order valence-corrected chi connectivity index (χ3v) is 3.14.